The van der Waals surface area contributed by atoms with Crippen LogP contribution in [0.3, 0.4) is 0 Å². The van der Waals surface area contributed by atoms with E-state index in [2.05, 4.69) is 22.1 Å². The molecule has 0 amide bonds. The van der Waals surface area contributed by atoms with Crippen LogP contribution in [0.5, 0.6) is 0 Å². The molecular formula is C13H19NS. The van der Waals surface area contributed by atoms with E-state index in [1.807, 2.05) is 11.3 Å². The van der Waals surface area contributed by atoms with Crippen LogP contribution in [-0.2, 0) is 6.42 Å². The fourth-order valence-corrected chi connectivity index (χ4v) is 3.24. The lowest BCUT2D eigenvalue weighted by molar-refractivity contribution is 0.129. The standard InChI is InChI=1S/C13H19NS/c1-5-13(6-1,10-14-12-2-3-12)8-11-4-7-15-9-11/h4,7,9,12,14H,1-3,5-6,8,10H2. The maximum atomic E-state index is 3.72. The molecule has 82 valence electrons. The molecule has 1 aromatic heterocycles. The predicted molar refractivity (Wildman–Crippen MR) is 65.3 cm³/mol. The highest BCUT2D eigenvalue weighted by atomic mass is 32.1. The Kier molecular flexibility index (Phi) is 2.57. The van der Waals surface area contributed by atoms with Gasteiger partial charge in [-0.3, -0.25) is 0 Å². The van der Waals surface area contributed by atoms with Crippen molar-refractivity contribution in [2.24, 2.45) is 5.41 Å². The second-order valence-electron chi connectivity index (χ2n) is 5.32. The summed E-state index contributed by atoms with van der Waals surface area (Å²) in [6.45, 7) is 1.26. The highest BCUT2D eigenvalue weighted by molar-refractivity contribution is 7.07. The van der Waals surface area contributed by atoms with Crippen LogP contribution in [0.15, 0.2) is 16.8 Å². The van der Waals surface area contributed by atoms with Crippen LogP contribution >= 0.6 is 11.3 Å². The van der Waals surface area contributed by atoms with Crippen molar-refractivity contribution in [3.8, 4) is 0 Å². The van der Waals surface area contributed by atoms with E-state index < -0.39 is 0 Å². The Morgan fingerprint density at radius 1 is 1.40 bits per heavy atom. The lowest BCUT2D eigenvalue weighted by Crippen LogP contribution is -2.42. The summed E-state index contributed by atoms with van der Waals surface area (Å²) in [6, 6.07) is 3.16. The van der Waals surface area contributed by atoms with Crippen LogP contribution in [0.4, 0.5) is 0 Å². The lowest BCUT2D eigenvalue weighted by atomic mass is 9.65. The van der Waals surface area contributed by atoms with Crippen molar-refractivity contribution in [2.75, 3.05) is 6.54 Å². The summed E-state index contributed by atoms with van der Waals surface area (Å²) in [6.07, 6.45) is 8.43. The minimum absolute atomic E-state index is 0.615. The first-order valence-electron chi connectivity index (χ1n) is 6.11. The lowest BCUT2D eigenvalue weighted by Gasteiger charge is -2.42. The fourth-order valence-electron chi connectivity index (χ4n) is 2.57. The molecule has 2 aliphatic carbocycles. The third kappa shape index (κ3) is 2.26. The van der Waals surface area contributed by atoms with Crippen LogP contribution in [-0.4, -0.2) is 12.6 Å². The van der Waals surface area contributed by atoms with Gasteiger partial charge < -0.3 is 5.32 Å². The first-order valence-corrected chi connectivity index (χ1v) is 7.05. The second kappa shape index (κ2) is 3.91. The zero-order valence-corrected chi connectivity index (χ0v) is 9.98. The number of thiophene rings is 1. The van der Waals surface area contributed by atoms with Crippen LogP contribution in [0.1, 0.15) is 37.7 Å². The van der Waals surface area contributed by atoms with Gasteiger partial charge in [-0.1, -0.05) is 6.42 Å². The van der Waals surface area contributed by atoms with E-state index in [1.165, 1.54) is 45.1 Å². The van der Waals surface area contributed by atoms with Crippen LogP contribution in [0.2, 0.25) is 0 Å². The molecule has 0 spiro atoms. The molecule has 0 atom stereocenters. The molecule has 15 heavy (non-hydrogen) atoms. The van der Waals surface area contributed by atoms with Crippen LogP contribution < -0.4 is 5.32 Å². The summed E-state index contributed by atoms with van der Waals surface area (Å²) in [5.41, 5.74) is 2.17. The quantitative estimate of drug-likeness (QED) is 0.805. The average molecular weight is 221 g/mol. The molecule has 2 fully saturated rings. The maximum Gasteiger partial charge on any atom is 0.00684 e. The van der Waals surface area contributed by atoms with Crippen molar-refractivity contribution in [3.05, 3.63) is 22.4 Å². The summed E-state index contributed by atoms with van der Waals surface area (Å²) in [5, 5.41) is 8.24. The van der Waals surface area contributed by atoms with Gasteiger partial charge in [-0.2, -0.15) is 11.3 Å². The van der Waals surface area contributed by atoms with Gasteiger partial charge in [0.05, 0.1) is 0 Å². The molecule has 0 radical (unpaired) electrons. The predicted octanol–water partition coefficient (Wildman–Crippen LogP) is 3.21. The van der Waals surface area contributed by atoms with Gasteiger partial charge in [0.1, 0.15) is 0 Å². The largest absolute Gasteiger partial charge is 0.313 e. The molecule has 2 heteroatoms. The first kappa shape index (κ1) is 9.86. The van der Waals surface area contributed by atoms with Crippen molar-refractivity contribution < 1.29 is 0 Å². The first-order chi connectivity index (χ1) is 7.36. The van der Waals surface area contributed by atoms with Gasteiger partial charge in [-0.15, -0.1) is 0 Å². The van der Waals surface area contributed by atoms with E-state index in [4.69, 9.17) is 0 Å². The van der Waals surface area contributed by atoms with E-state index >= 15 is 0 Å². The number of hydrogen-bond donors (Lipinski definition) is 1. The SMILES string of the molecule is c1cc(CC2(CNC3CC3)CCC2)cs1. The Bertz CT molecular complexity index is 309. The summed E-state index contributed by atoms with van der Waals surface area (Å²) in [5.74, 6) is 0. The van der Waals surface area contributed by atoms with E-state index in [0.717, 1.165) is 6.04 Å². The van der Waals surface area contributed by atoms with E-state index in [1.54, 1.807) is 5.56 Å². The molecule has 0 aromatic carbocycles. The third-order valence-corrected chi connectivity index (χ3v) is 4.65. The fraction of sp³-hybridized carbons (Fsp3) is 0.692. The van der Waals surface area contributed by atoms with Gasteiger partial charge in [-0.25, -0.2) is 0 Å². The van der Waals surface area contributed by atoms with E-state index in [0.29, 0.717) is 5.41 Å². The smallest absolute Gasteiger partial charge is 0.00684 e. The Morgan fingerprint density at radius 3 is 2.80 bits per heavy atom. The van der Waals surface area contributed by atoms with E-state index in [-0.39, 0.29) is 0 Å². The molecule has 0 saturated heterocycles. The molecule has 0 unspecified atom stereocenters. The van der Waals surface area contributed by atoms with Crippen molar-refractivity contribution in [2.45, 2.75) is 44.6 Å². The number of nitrogens with one attached hydrogen (secondary N) is 1. The summed E-state index contributed by atoms with van der Waals surface area (Å²) >= 11 is 1.83. The Hall–Kier alpha value is -0.340. The molecule has 0 aliphatic heterocycles. The maximum absolute atomic E-state index is 3.72. The third-order valence-electron chi connectivity index (χ3n) is 3.92. The van der Waals surface area contributed by atoms with Gasteiger partial charge in [0.25, 0.3) is 0 Å². The Labute approximate surface area is 95.9 Å². The van der Waals surface area contributed by atoms with Crippen molar-refractivity contribution in [1.82, 2.24) is 5.32 Å². The Balaban J connectivity index is 1.58. The minimum atomic E-state index is 0.615. The summed E-state index contributed by atoms with van der Waals surface area (Å²) in [4.78, 5) is 0. The van der Waals surface area contributed by atoms with Crippen molar-refractivity contribution >= 4 is 11.3 Å². The molecular weight excluding hydrogens is 202 g/mol. The zero-order chi connectivity index (χ0) is 10.1. The summed E-state index contributed by atoms with van der Waals surface area (Å²) < 4.78 is 0. The molecule has 1 nitrogen and oxygen atoms in total. The van der Waals surface area contributed by atoms with Crippen LogP contribution in [0.25, 0.3) is 0 Å². The number of hydrogen-bond acceptors (Lipinski definition) is 2. The normalized spacial score (nSPS) is 23.7. The van der Waals surface area contributed by atoms with Gasteiger partial charge in [0.15, 0.2) is 0 Å². The highest BCUT2D eigenvalue weighted by Gasteiger charge is 2.38. The average Bonchev–Trinajstić information content (AvgIpc) is 2.87. The zero-order valence-electron chi connectivity index (χ0n) is 9.17. The summed E-state index contributed by atoms with van der Waals surface area (Å²) in [7, 11) is 0. The Morgan fingerprint density at radius 2 is 2.27 bits per heavy atom. The molecule has 2 aliphatic rings. The molecule has 1 heterocycles. The molecule has 1 N–H and O–H groups in total. The van der Waals surface area contributed by atoms with Gasteiger partial charge in [0, 0.05) is 12.6 Å². The van der Waals surface area contributed by atoms with Gasteiger partial charge >= 0.3 is 0 Å². The van der Waals surface area contributed by atoms with Crippen LogP contribution in [0, 0.1) is 5.41 Å². The molecule has 3 rings (SSSR count). The number of rotatable bonds is 5. The second-order valence-corrected chi connectivity index (χ2v) is 6.10. The monoisotopic (exact) mass is 221 g/mol. The van der Waals surface area contributed by atoms with Gasteiger partial charge in [0.2, 0.25) is 0 Å². The van der Waals surface area contributed by atoms with Crippen molar-refractivity contribution in [3.63, 3.8) is 0 Å². The molecule has 0 bridgehead atoms. The van der Waals surface area contributed by atoms with Gasteiger partial charge in [-0.05, 0) is 59.9 Å². The van der Waals surface area contributed by atoms with Crippen molar-refractivity contribution in [1.29, 1.82) is 0 Å². The molecule has 1 aromatic rings. The minimum Gasteiger partial charge on any atom is -0.313 e. The highest BCUT2D eigenvalue weighted by Crippen LogP contribution is 2.43. The van der Waals surface area contributed by atoms with E-state index in [9.17, 15) is 0 Å². The molecule has 2 saturated carbocycles. The topological polar surface area (TPSA) is 12.0 Å².